The molecule has 2 saturated carbocycles. The molecule has 82 valence electrons. The minimum Gasteiger partial charge on any atom is -0.366 e. The first-order chi connectivity index (χ1) is 7.21. The lowest BCUT2D eigenvalue weighted by atomic mass is 9.67. The summed E-state index contributed by atoms with van der Waals surface area (Å²) in [5.74, 6) is 3.89. The summed E-state index contributed by atoms with van der Waals surface area (Å²) >= 11 is 0. The van der Waals surface area contributed by atoms with E-state index in [1.165, 1.54) is 25.7 Å². The first-order valence-corrected chi connectivity index (χ1v) is 6.54. The summed E-state index contributed by atoms with van der Waals surface area (Å²) in [5.41, 5.74) is 2.01. The second kappa shape index (κ2) is 2.51. The fourth-order valence-corrected chi connectivity index (χ4v) is 5.03. The molecule has 3 fully saturated rings. The van der Waals surface area contributed by atoms with Gasteiger partial charge in [-0.3, -0.25) is 0 Å². The minimum atomic E-state index is 0.366. The Morgan fingerprint density at radius 1 is 1.40 bits per heavy atom. The second-order valence-electron chi connectivity index (χ2n) is 6.34. The predicted molar refractivity (Wildman–Crippen MR) is 59.5 cm³/mol. The summed E-state index contributed by atoms with van der Waals surface area (Å²) in [6, 6.07) is 0. The zero-order valence-corrected chi connectivity index (χ0v) is 9.70. The Kier molecular flexibility index (Phi) is 1.47. The third-order valence-electron chi connectivity index (χ3n) is 5.76. The Labute approximate surface area is 91.9 Å². The van der Waals surface area contributed by atoms with Crippen molar-refractivity contribution in [1.82, 2.24) is 0 Å². The van der Waals surface area contributed by atoms with Crippen molar-refractivity contribution in [2.24, 2.45) is 23.7 Å². The van der Waals surface area contributed by atoms with E-state index in [2.05, 4.69) is 19.9 Å². The van der Waals surface area contributed by atoms with Crippen LogP contribution < -0.4 is 0 Å². The molecular formula is C14H20O. The van der Waals surface area contributed by atoms with Crippen molar-refractivity contribution >= 4 is 0 Å². The molecule has 0 aromatic heterocycles. The summed E-state index contributed by atoms with van der Waals surface area (Å²) in [4.78, 5) is 0. The molecule has 1 saturated heterocycles. The molecule has 1 nitrogen and oxygen atoms in total. The molecule has 1 heterocycles. The van der Waals surface area contributed by atoms with Gasteiger partial charge >= 0.3 is 0 Å². The molecule has 6 atom stereocenters. The van der Waals surface area contributed by atoms with Crippen molar-refractivity contribution in [2.45, 2.75) is 51.2 Å². The van der Waals surface area contributed by atoms with Crippen molar-refractivity contribution in [2.75, 3.05) is 0 Å². The Bertz CT molecular complexity index is 345. The van der Waals surface area contributed by atoms with Gasteiger partial charge in [-0.1, -0.05) is 11.6 Å². The molecule has 15 heavy (non-hydrogen) atoms. The van der Waals surface area contributed by atoms with Gasteiger partial charge in [0.1, 0.15) is 0 Å². The molecule has 0 amide bonds. The molecule has 1 heteroatoms. The van der Waals surface area contributed by atoms with Crippen LogP contribution in [0.5, 0.6) is 0 Å². The highest BCUT2D eigenvalue weighted by Gasteiger charge is 2.70. The van der Waals surface area contributed by atoms with Crippen LogP contribution in [0.2, 0.25) is 0 Å². The number of rotatable bonds is 0. The van der Waals surface area contributed by atoms with E-state index in [0.717, 1.165) is 23.7 Å². The normalized spacial score (nSPS) is 60.7. The number of allylic oxidation sites excluding steroid dienone is 2. The number of ether oxygens (including phenoxy) is 1. The van der Waals surface area contributed by atoms with E-state index in [0.29, 0.717) is 11.7 Å². The second-order valence-corrected chi connectivity index (χ2v) is 6.34. The third kappa shape index (κ3) is 0.939. The van der Waals surface area contributed by atoms with Crippen LogP contribution in [0.15, 0.2) is 11.6 Å². The molecule has 6 unspecified atom stereocenters. The molecule has 0 aromatic carbocycles. The van der Waals surface area contributed by atoms with E-state index in [1.807, 2.05) is 0 Å². The monoisotopic (exact) mass is 204 g/mol. The molecule has 0 N–H and O–H groups in total. The van der Waals surface area contributed by atoms with Gasteiger partial charge in [0.15, 0.2) is 0 Å². The Balaban J connectivity index is 1.67. The topological polar surface area (TPSA) is 12.5 Å². The molecule has 1 aliphatic heterocycles. The van der Waals surface area contributed by atoms with Gasteiger partial charge in [0.2, 0.25) is 0 Å². The first-order valence-electron chi connectivity index (χ1n) is 6.54. The summed E-state index contributed by atoms with van der Waals surface area (Å²) in [5, 5.41) is 0. The molecule has 0 radical (unpaired) electrons. The van der Waals surface area contributed by atoms with Gasteiger partial charge in [0.25, 0.3) is 0 Å². The van der Waals surface area contributed by atoms with E-state index < -0.39 is 0 Å². The summed E-state index contributed by atoms with van der Waals surface area (Å²) < 4.78 is 5.95. The quantitative estimate of drug-likeness (QED) is 0.436. The standard InChI is InChI=1S/C14H20O/c1-8-3-4-11-12(5-8)10-6-13(11)14(7-10)9(2)15-14/h3,9-13H,4-7H2,1-2H3. The molecule has 1 spiro atoms. The zero-order valence-electron chi connectivity index (χ0n) is 9.70. The lowest BCUT2D eigenvalue weighted by Crippen LogP contribution is -2.36. The van der Waals surface area contributed by atoms with E-state index in [9.17, 15) is 0 Å². The molecular weight excluding hydrogens is 184 g/mol. The average molecular weight is 204 g/mol. The fourth-order valence-electron chi connectivity index (χ4n) is 5.03. The van der Waals surface area contributed by atoms with Crippen molar-refractivity contribution < 1.29 is 4.74 Å². The van der Waals surface area contributed by atoms with Gasteiger partial charge in [-0.15, -0.1) is 0 Å². The van der Waals surface area contributed by atoms with Crippen molar-refractivity contribution in [3.8, 4) is 0 Å². The maximum Gasteiger partial charge on any atom is 0.0979 e. The number of fused-ring (bicyclic) bond motifs is 6. The average Bonchev–Trinajstić information content (AvgIpc) is 2.61. The molecule has 3 aliphatic carbocycles. The van der Waals surface area contributed by atoms with E-state index >= 15 is 0 Å². The lowest BCUT2D eigenvalue weighted by Gasteiger charge is -2.37. The number of hydrogen-bond acceptors (Lipinski definition) is 1. The van der Waals surface area contributed by atoms with Crippen LogP contribution in [-0.4, -0.2) is 11.7 Å². The summed E-state index contributed by atoms with van der Waals surface area (Å²) in [6.07, 6.45) is 8.64. The van der Waals surface area contributed by atoms with E-state index in [-0.39, 0.29) is 0 Å². The first kappa shape index (κ1) is 8.81. The number of epoxide rings is 1. The van der Waals surface area contributed by atoms with E-state index in [1.54, 1.807) is 5.57 Å². The fraction of sp³-hybridized carbons (Fsp3) is 0.857. The van der Waals surface area contributed by atoms with Gasteiger partial charge in [0.05, 0.1) is 11.7 Å². The van der Waals surface area contributed by atoms with Gasteiger partial charge in [0, 0.05) is 0 Å². The summed E-state index contributed by atoms with van der Waals surface area (Å²) in [6.45, 7) is 4.59. The predicted octanol–water partition coefficient (Wildman–Crippen LogP) is 3.16. The molecule has 2 bridgehead atoms. The highest BCUT2D eigenvalue weighted by atomic mass is 16.6. The van der Waals surface area contributed by atoms with Gasteiger partial charge in [-0.05, 0) is 63.2 Å². The van der Waals surface area contributed by atoms with Crippen LogP contribution in [-0.2, 0) is 4.74 Å². The zero-order chi connectivity index (χ0) is 10.2. The van der Waals surface area contributed by atoms with Crippen LogP contribution >= 0.6 is 0 Å². The lowest BCUT2D eigenvalue weighted by molar-refractivity contribution is 0.114. The number of hydrogen-bond donors (Lipinski definition) is 0. The summed E-state index contributed by atoms with van der Waals surface area (Å²) in [7, 11) is 0. The van der Waals surface area contributed by atoms with Gasteiger partial charge in [-0.25, -0.2) is 0 Å². The van der Waals surface area contributed by atoms with Crippen molar-refractivity contribution in [1.29, 1.82) is 0 Å². The molecule has 4 aliphatic rings. The van der Waals surface area contributed by atoms with Gasteiger partial charge < -0.3 is 4.74 Å². The highest BCUT2D eigenvalue weighted by Crippen LogP contribution is 2.68. The van der Waals surface area contributed by atoms with Crippen LogP contribution in [0.3, 0.4) is 0 Å². The molecule has 0 aromatic rings. The van der Waals surface area contributed by atoms with Crippen LogP contribution in [0.4, 0.5) is 0 Å². The highest BCUT2D eigenvalue weighted by molar-refractivity contribution is 5.22. The third-order valence-corrected chi connectivity index (χ3v) is 5.76. The molecule has 4 rings (SSSR count). The van der Waals surface area contributed by atoms with Gasteiger partial charge in [-0.2, -0.15) is 0 Å². The van der Waals surface area contributed by atoms with Crippen molar-refractivity contribution in [3.63, 3.8) is 0 Å². The smallest absolute Gasteiger partial charge is 0.0979 e. The Morgan fingerprint density at radius 3 is 2.93 bits per heavy atom. The maximum atomic E-state index is 5.95. The van der Waals surface area contributed by atoms with Crippen LogP contribution in [0.25, 0.3) is 0 Å². The largest absolute Gasteiger partial charge is 0.366 e. The van der Waals surface area contributed by atoms with Crippen molar-refractivity contribution in [3.05, 3.63) is 11.6 Å². The minimum absolute atomic E-state index is 0.366. The Hall–Kier alpha value is -0.300. The Morgan fingerprint density at radius 2 is 2.20 bits per heavy atom. The SMILES string of the molecule is CC1=CCC2C(C1)C1CC2C2(C1)OC2C. The van der Waals surface area contributed by atoms with Crippen LogP contribution in [0, 0.1) is 23.7 Å². The maximum absolute atomic E-state index is 5.95. The van der Waals surface area contributed by atoms with Crippen LogP contribution in [0.1, 0.15) is 39.5 Å². The van der Waals surface area contributed by atoms with E-state index in [4.69, 9.17) is 4.74 Å².